The number of piperidine rings is 1. The Labute approximate surface area is 97.7 Å². The first-order chi connectivity index (χ1) is 7.70. The van der Waals surface area contributed by atoms with E-state index in [1.807, 2.05) is 0 Å². The van der Waals surface area contributed by atoms with Crippen molar-refractivity contribution in [2.75, 3.05) is 18.0 Å². The molecule has 1 aliphatic heterocycles. The lowest BCUT2D eigenvalue weighted by molar-refractivity contribution is 0.462. The monoisotopic (exact) mass is 219 g/mol. The van der Waals surface area contributed by atoms with Gasteiger partial charge in [0.25, 0.3) is 0 Å². The molecular formula is C13H21N3. The zero-order valence-corrected chi connectivity index (χ0v) is 10.2. The molecule has 0 amide bonds. The van der Waals surface area contributed by atoms with Crippen LogP contribution in [0, 0.1) is 13.8 Å². The third-order valence-corrected chi connectivity index (χ3v) is 3.28. The molecule has 0 radical (unpaired) electrons. The maximum atomic E-state index is 5.84. The number of pyridine rings is 1. The van der Waals surface area contributed by atoms with E-state index in [0.29, 0.717) is 6.04 Å². The topological polar surface area (TPSA) is 42.2 Å². The van der Waals surface area contributed by atoms with E-state index in [2.05, 4.69) is 35.9 Å². The fraction of sp³-hybridized carbons (Fsp3) is 0.615. The number of hydrogen-bond donors (Lipinski definition) is 1. The first-order valence-corrected chi connectivity index (χ1v) is 6.12. The molecule has 1 fully saturated rings. The summed E-state index contributed by atoms with van der Waals surface area (Å²) in [4.78, 5) is 7.00. The zero-order valence-electron chi connectivity index (χ0n) is 10.2. The molecule has 2 heterocycles. The molecule has 3 heteroatoms. The average molecular weight is 219 g/mol. The second-order valence-electron chi connectivity index (χ2n) is 4.72. The van der Waals surface area contributed by atoms with Crippen LogP contribution in [0.15, 0.2) is 12.1 Å². The molecule has 0 aliphatic carbocycles. The van der Waals surface area contributed by atoms with Crippen LogP contribution in [0.2, 0.25) is 0 Å². The smallest absolute Gasteiger partial charge is 0.129 e. The van der Waals surface area contributed by atoms with Crippen LogP contribution < -0.4 is 10.6 Å². The van der Waals surface area contributed by atoms with E-state index < -0.39 is 0 Å². The van der Waals surface area contributed by atoms with Crippen LogP contribution in [-0.4, -0.2) is 24.1 Å². The normalized spacial score (nSPS) is 21.2. The Morgan fingerprint density at radius 1 is 1.38 bits per heavy atom. The summed E-state index contributed by atoms with van der Waals surface area (Å²) in [5.41, 5.74) is 8.21. The third kappa shape index (κ3) is 2.35. The number of rotatable bonds is 2. The molecule has 2 rings (SSSR count). The van der Waals surface area contributed by atoms with Gasteiger partial charge >= 0.3 is 0 Å². The van der Waals surface area contributed by atoms with Crippen molar-refractivity contribution in [2.24, 2.45) is 5.73 Å². The maximum absolute atomic E-state index is 5.84. The van der Waals surface area contributed by atoms with Crippen molar-refractivity contribution in [2.45, 2.75) is 39.2 Å². The summed E-state index contributed by atoms with van der Waals surface area (Å²) in [6.07, 6.45) is 3.75. The van der Waals surface area contributed by atoms with Gasteiger partial charge in [-0.2, -0.15) is 0 Å². The number of nitrogens with two attached hydrogens (primary N) is 1. The van der Waals surface area contributed by atoms with Gasteiger partial charge in [-0.05, 0) is 50.8 Å². The van der Waals surface area contributed by atoms with E-state index in [0.717, 1.165) is 24.6 Å². The lowest BCUT2D eigenvalue weighted by Crippen LogP contribution is -2.44. The van der Waals surface area contributed by atoms with Gasteiger partial charge in [-0.15, -0.1) is 0 Å². The molecule has 2 N–H and O–H groups in total. The molecule has 3 nitrogen and oxygen atoms in total. The average Bonchev–Trinajstić information content (AvgIpc) is 2.27. The van der Waals surface area contributed by atoms with Crippen molar-refractivity contribution in [3.63, 3.8) is 0 Å². The highest BCUT2D eigenvalue weighted by molar-refractivity contribution is 5.44. The molecule has 1 aromatic heterocycles. The van der Waals surface area contributed by atoms with Gasteiger partial charge in [-0.1, -0.05) is 0 Å². The van der Waals surface area contributed by atoms with Gasteiger partial charge in [-0.25, -0.2) is 4.98 Å². The lowest BCUT2D eigenvalue weighted by atomic mass is 10.0. The minimum Gasteiger partial charge on any atom is -0.352 e. The second kappa shape index (κ2) is 4.83. The Morgan fingerprint density at radius 2 is 2.19 bits per heavy atom. The van der Waals surface area contributed by atoms with Crippen molar-refractivity contribution < 1.29 is 0 Å². The first-order valence-electron chi connectivity index (χ1n) is 6.12. The first kappa shape index (κ1) is 11.4. The fourth-order valence-electron chi connectivity index (χ4n) is 2.51. The Bertz CT molecular complexity index is 342. The summed E-state index contributed by atoms with van der Waals surface area (Å²) in [5.74, 6) is 1.10. The molecule has 0 saturated carbocycles. The number of aromatic nitrogens is 1. The van der Waals surface area contributed by atoms with E-state index >= 15 is 0 Å². The predicted molar refractivity (Wildman–Crippen MR) is 67.8 cm³/mol. The van der Waals surface area contributed by atoms with Gasteiger partial charge in [0, 0.05) is 24.8 Å². The highest BCUT2D eigenvalue weighted by atomic mass is 15.2. The molecule has 88 valence electrons. The van der Waals surface area contributed by atoms with Crippen LogP contribution in [0.5, 0.6) is 0 Å². The molecule has 1 aliphatic rings. The Hall–Kier alpha value is -1.09. The van der Waals surface area contributed by atoms with Gasteiger partial charge in [0.05, 0.1) is 0 Å². The van der Waals surface area contributed by atoms with Crippen LogP contribution >= 0.6 is 0 Å². The largest absolute Gasteiger partial charge is 0.352 e. The summed E-state index contributed by atoms with van der Waals surface area (Å²) in [6, 6.07) is 4.76. The minimum atomic E-state index is 0.474. The molecule has 0 spiro atoms. The Morgan fingerprint density at radius 3 is 2.88 bits per heavy atom. The summed E-state index contributed by atoms with van der Waals surface area (Å²) >= 11 is 0. The lowest BCUT2D eigenvalue weighted by Gasteiger charge is -2.36. The highest BCUT2D eigenvalue weighted by Gasteiger charge is 2.22. The van der Waals surface area contributed by atoms with E-state index in [4.69, 9.17) is 5.73 Å². The van der Waals surface area contributed by atoms with Crippen LogP contribution in [-0.2, 0) is 0 Å². The SMILES string of the molecule is Cc1cc(C)nc(N2CCCCC2CN)c1. The second-order valence-corrected chi connectivity index (χ2v) is 4.72. The van der Waals surface area contributed by atoms with Crippen molar-refractivity contribution in [3.05, 3.63) is 23.4 Å². The van der Waals surface area contributed by atoms with E-state index in [9.17, 15) is 0 Å². The zero-order chi connectivity index (χ0) is 11.5. The fourth-order valence-corrected chi connectivity index (χ4v) is 2.51. The van der Waals surface area contributed by atoms with Crippen LogP contribution in [0.1, 0.15) is 30.5 Å². The molecular weight excluding hydrogens is 198 g/mol. The number of nitrogens with zero attached hydrogens (tertiary/aromatic N) is 2. The van der Waals surface area contributed by atoms with Gasteiger partial charge < -0.3 is 10.6 Å². The van der Waals surface area contributed by atoms with Gasteiger partial charge in [-0.3, -0.25) is 0 Å². The third-order valence-electron chi connectivity index (χ3n) is 3.28. The van der Waals surface area contributed by atoms with Gasteiger partial charge in [0.2, 0.25) is 0 Å². The van der Waals surface area contributed by atoms with Gasteiger partial charge in [0.1, 0.15) is 5.82 Å². The number of aryl methyl sites for hydroxylation is 2. The number of anilines is 1. The standard InChI is InChI=1S/C13H21N3/c1-10-7-11(2)15-13(8-10)16-6-4-3-5-12(16)9-14/h7-8,12H,3-6,9,14H2,1-2H3. The minimum absolute atomic E-state index is 0.474. The van der Waals surface area contributed by atoms with E-state index in [1.54, 1.807) is 0 Å². The summed E-state index contributed by atoms with van der Waals surface area (Å²) in [7, 11) is 0. The van der Waals surface area contributed by atoms with E-state index in [1.165, 1.54) is 24.8 Å². The van der Waals surface area contributed by atoms with E-state index in [-0.39, 0.29) is 0 Å². The molecule has 16 heavy (non-hydrogen) atoms. The van der Waals surface area contributed by atoms with Gasteiger partial charge in [0.15, 0.2) is 0 Å². The van der Waals surface area contributed by atoms with Crippen molar-refractivity contribution in [1.82, 2.24) is 4.98 Å². The quantitative estimate of drug-likeness (QED) is 0.827. The molecule has 1 unspecified atom stereocenters. The van der Waals surface area contributed by atoms with Crippen LogP contribution in [0.25, 0.3) is 0 Å². The summed E-state index contributed by atoms with van der Waals surface area (Å²) in [5, 5.41) is 0. The van der Waals surface area contributed by atoms with Crippen molar-refractivity contribution in [3.8, 4) is 0 Å². The summed E-state index contributed by atoms with van der Waals surface area (Å²) in [6.45, 7) is 6.00. The number of hydrogen-bond acceptors (Lipinski definition) is 3. The molecule has 1 saturated heterocycles. The molecule has 1 atom stereocenters. The molecule has 0 bridgehead atoms. The highest BCUT2D eigenvalue weighted by Crippen LogP contribution is 2.23. The maximum Gasteiger partial charge on any atom is 0.129 e. The Kier molecular flexibility index (Phi) is 3.44. The predicted octanol–water partition coefficient (Wildman–Crippen LogP) is 2.02. The van der Waals surface area contributed by atoms with Crippen LogP contribution in [0.3, 0.4) is 0 Å². The Balaban J connectivity index is 2.26. The molecule has 0 aromatic carbocycles. The van der Waals surface area contributed by atoms with Crippen LogP contribution in [0.4, 0.5) is 5.82 Å². The summed E-state index contributed by atoms with van der Waals surface area (Å²) < 4.78 is 0. The van der Waals surface area contributed by atoms with Crippen molar-refractivity contribution in [1.29, 1.82) is 0 Å². The van der Waals surface area contributed by atoms with Crippen molar-refractivity contribution >= 4 is 5.82 Å². The molecule has 1 aromatic rings.